The quantitative estimate of drug-likeness (QED) is 0.641. The number of para-hydroxylation sites is 1. The van der Waals surface area contributed by atoms with Crippen LogP contribution in [0.4, 0.5) is 18.9 Å². The van der Waals surface area contributed by atoms with Gasteiger partial charge in [-0.2, -0.15) is 13.2 Å². The Hall–Kier alpha value is -3.23. The predicted molar refractivity (Wildman–Crippen MR) is 105 cm³/mol. The Morgan fingerprint density at radius 1 is 1.07 bits per heavy atom. The summed E-state index contributed by atoms with van der Waals surface area (Å²) in [6.07, 6.45) is -4.37. The second-order valence-electron chi connectivity index (χ2n) is 6.30. The fraction of sp³-hybridized carbons (Fsp3) is 0.333. The van der Waals surface area contributed by atoms with Crippen LogP contribution in [0.25, 0.3) is 0 Å². The van der Waals surface area contributed by atoms with Gasteiger partial charge in [0.05, 0.1) is 13.7 Å². The molecule has 2 aromatic carbocycles. The first kappa shape index (κ1) is 23.1. The Balaban J connectivity index is 1.92. The van der Waals surface area contributed by atoms with Gasteiger partial charge in [-0.1, -0.05) is 24.3 Å². The number of methoxy groups -OCH3 is 1. The lowest BCUT2D eigenvalue weighted by molar-refractivity contribution is -0.167. The number of nitrogens with one attached hydrogen (secondary N) is 2. The molecule has 0 bridgehead atoms. The highest BCUT2D eigenvalue weighted by molar-refractivity contribution is 5.95. The lowest BCUT2D eigenvalue weighted by atomic mass is 10.1. The minimum absolute atomic E-state index is 0.00336. The second-order valence-corrected chi connectivity index (χ2v) is 6.30. The average Bonchev–Trinajstić information content (AvgIpc) is 2.71. The summed E-state index contributed by atoms with van der Waals surface area (Å²) >= 11 is 0. The van der Waals surface area contributed by atoms with E-state index in [1.807, 2.05) is 18.3 Å². The maximum absolute atomic E-state index is 12.5. The molecule has 0 aliphatic rings. The van der Waals surface area contributed by atoms with E-state index in [4.69, 9.17) is 9.47 Å². The van der Waals surface area contributed by atoms with Crippen molar-refractivity contribution in [2.24, 2.45) is 0 Å². The number of carbonyl (C=O) groups excluding carboxylic acids is 2. The number of benzene rings is 2. The number of hydrogen-bond acceptors (Lipinski definition) is 4. The lowest BCUT2D eigenvalue weighted by Gasteiger charge is -2.13. The first-order valence-corrected chi connectivity index (χ1v) is 9.27. The molecule has 0 saturated heterocycles. The van der Waals surface area contributed by atoms with Gasteiger partial charge in [0.15, 0.2) is 11.5 Å². The smallest absolute Gasteiger partial charge is 0.471 e. The molecular weight excluding hydrogens is 401 g/mol. The highest BCUT2D eigenvalue weighted by Gasteiger charge is 2.38. The number of halogens is 3. The van der Waals surface area contributed by atoms with Crippen LogP contribution in [0.5, 0.6) is 11.5 Å². The van der Waals surface area contributed by atoms with E-state index < -0.39 is 12.1 Å². The van der Waals surface area contributed by atoms with Gasteiger partial charge < -0.3 is 20.1 Å². The van der Waals surface area contributed by atoms with Gasteiger partial charge in [-0.25, -0.2) is 0 Å². The van der Waals surface area contributed by atoms with Gasteiger partial charge >= 0.3 is 12.1 Å². The van der Waals surface area contributed by atoms with Crippen LogP contribution in [0.15, 0.2) is 42.5 Å². The van der Waals surface area contributed by atoms with Crippen molar-refractivity contribution in [1.29, 1.82) is 0 Å². The lowest BCUT2D eigenvalue weighted by Crippen LogP contribution is -2.31. The molecule has 2 aromatic rings. The van der Waals surface area contributed by atoms with Gasteiger partial charge in [0, 0.05) is 18.7 Å². The summed E-state index contributed by atoms with van der Waals surface area (Å²) in [6, 6.07) is 11.4. The van der Waals surface area contributed by atoms with Crippen molar-refractivity contribution in [3.63, 3.8) is 0 Å². The van der Waals surface area contributed by atoms with Crippen LogP contribution < -0.4 is 20.1 Å². The molecule has 6 nitrogen and oxygen atoms in total. The summed E-state index contributed by atoms with van der Waals surface area (Å²) in [5.74, 6) is -1.15. The summed E-state index contributed by atoms with van der Waals surface area (Å²) in [5, 5.41) is 4.47. The van der Waals surface area contributed by atoms with Crippen molar-refractivity contribution < 1.29 is 32.2 Å². The minimum atomic E-state index is -4.99. The Labute approximate surface area is 172 Å². The normalized spacial score (nSPS) is 11.0. The highest BCUT2D eigenvalue weighted by Crippen LogP contribution is 2.28. The van der Waals surface area contributed by atoms with E-state index in [9.17, 15) is 22.8 Å². The Kier molecular flexibility index (Phi) is 8.08. The first-order valence-electron chi connectivity index (χ1n) is 9.27. The Morgan fingerprint density at radius 3 is 2.47 bits per heavy atom. The third-order valence-corrected chi connectivity index (χ3v) is 4.17. The van der Waals surface area contributed by atoms with Crippen molar-refractivity contribution in [3.05, 3.63) is 53.6 Å². The number of carbonyl (C=O) groups is 2. The molecule has 0 atom stereocenters. The summed E-state index contributed by atoms with van der Waals surface area (Å²) in [5.41, 5.74) is 1.24. The van der Waals surface area contributed by atoms with Crippen LogP contribution in [0, 0.1) is 0 Å². The monoisotopic (exact) mass is 424 g/mol. The molecule has 162 valence electrons. The molecule has 0 fully saturated rings. The van der Waals surface area contributed by atoms with E-state index in [-0.39, 0.29) is 24.6 Å². The molecule has 0 heterocycles. The zero-order valence-corrected chi connectivity index (χ0v) is 16.6. The van der Waals surface area contributed by atoms with Crippen molar-refractivity contribution in [3.8, 4) is 11.5 Å². The molecule has 0 aliphatic carbocycles. The molecule has 2 N–H and O–H groups in total. The molecule has 0 saturated carbocycles. The zero-order chi connectivity index (χ0) is 22.1. The van der Waals surface area contributed by atoms with Crippen molar-refractivity contribution in [2.75, 3.05) is 19.0 Å². The summed E-state index contributed by atoms with van der Waals surface area (Å²) in [4.78, 5) is 23.3. The fourth-order valence-corrected chi connectivity index (χ4v) is 2.67. The van der Waals surface area contributed by atoms with Crippen molar-refractivity contribution in [1.82, 2.24) is 5.32 Å². The van der Waals surface area contributed by atoms with E-state index in [0.29, 0.717) is 30.1 Å². The van der Waals surface area contributed by atoms with Crippen LogP contribution in [-0.2, 0) is 22.6 Å². The number of rotatable bonds is 9. The SMILES string of the molecule is CCOc1ccc(CCC(=O)NCc2ccccc2NC(=O)C(F)(F)F)cc1OC. The van der Waals surface area contributed by atoms with Gasteiger partial charge in [-0.05, 0) is 42.7 Å². The third kappa shape index (κ3) is 6.68. The number of alkyl halides is 3. The van der Waals surface area contributed by atoms with Gasteiger partial charge in [0.1, 0.15) is 0 Å². The topological polar surface area (TPSA) is 76.7 Å². The maximum Gasteiger partial charge on any atom is 0.471 e. The van der Waals surface area contributed by atoms with E-state index in [1.54, 1.807) is 18.2 Å². The van der Waals surface area contributed by atoms with Crippen LogP contribution in [0.1, 0.15) is 24.5 Å². The number of anilines is 1. The van der Waals surface area contributed by atoms with E-state index >= 15 is 0 Å². The Bertz CT molecular complexity index is 885. The van der Waals surface area contributed by atoms with Gasteiger partial charge in [-0.15, -0.1) is 0 Å². The summed E-state index contributed by atoms with van der Waals surface area (Å²) in [6.45, 7) is 2.35. The molecule has 30 heavy (non-hydrogen) atoms. The Morgan fingerprint density at radius 2 is 1.80 bits per heavy atom. The number of ether oxygens (including phenoxy) is 2. The third-order valence-electron chi connectivity index (χ3n) is 4.17. The number of hydrogen-bond donors (Lipinski definition) is 2. The van der Waals surface area contributed by atoms with Crippen LogP contribution in [-0.4, -0.2) is 31.7 Å². The molecule has 2 amide bonds. The van der Waals surface area contributed by atoms with Crippen LogP contribution in [0.2, 0.25) is 0 Å². The second kappa shape index (κ2) is 10.5. The molecule has 2 rings (SSSR count). The van der Waals surface area contributed by atoms with E-state index in [0.717, 1.165) is 5.56 Å². The molecule has 0 aromatic heterocycles. The summed E-state index contributed by atoms with van der Waals surface area (Å²) in [7, 11) is 1.53. The van der Waals surface area contributed by atoms with Crippen molar-refractivity contribution >= 4 is 17.5 Å². The van der Waals surface area contributed by atoms with Gasteiger partial charge in [-0.3, -0.25) is 9.59 Å². The van der Waals surface area contributed by atoms with Crippen molar-refractivity contribution in [2.45, 2.75) is 32.5 Å². The minimum Gasteiger partial charge on any atom is -0.493 e. The van der Waals surface area contributed by atoms with E-state index in [1.165, 1.54) is 25.3 Å². The van der Waals surface area contributed by atoms with Gasteiger partial charge in [0.2, 0.25) is 5.91 Å². The molecule has 9 heteroatoms. The maximum atomic E-state index is 12.5. The number of amides is 2. The first-order chi connectivity index (χ1) is 14.2. The van der Waals surface area contributed by atoms with E-state index in [2.05, 4.69) is 5.32 Å². The summed E-state index contributed by atoms with van der Waals surface area (Å²) < 4.78 is 48.1. The zero-order valence-electron chi connectivity index (χ0n) is 16.6. The largest absolute Gasteiger partial charge is 0.493 e. The molecule has 0 aliphatic heterocycles. The molecular formula is C21H23F3N2O4. The molecule has 0 radical (unpaired) electrons. The molecule has 0 spiro atoms. The average molecular weight is 424 g/mol. The van der Waals surface area contributed by atoms with Crippen LogP contribution >= 0.6 is 0 Å². The molecule has 0 unspecified atom stereocenters. The fourth-order valence-electron chi connectivity index (χ4n) is 2.67. The number of aryl methyl sites for hydroxylation is 1. The highest BCUT2D eigenvalue weighted by atomic mass is 19.4. The standard InChI is InChI=1S/C21H23F3N2O4/c1-3-30-17-10-8-14(12-18(17)29-2)9-11-19(27)25-13-15-6-4-5-7-16(15)26-20(28)21(22,23)24/h4-8,10,12H,3,9,11,13H2,1-2H3,(H,25,27)(H,26,28). The van der Waals surface area contributed by atoms with Gasteiger partial charge in [0.25, 0.3) is 0 Å². The van der Waals surface area contributed by atoms with Crippen LogP contribution in [0.3, 0.4) is 0 Å². The predicted octanol–water partition coefficient (Wildman–Crippen LogP) is 3.84.